The van der Waals surface area contributed by atoms with E-state index in [9.17, 15) is 9.18 Å². The maximum Gasteiger partial charge on any atom is 0.320 e. The summed E-state index contributed by atoms with van der Waals surface area (Å²) in [5.74, 6) is -0.222. The molecule has 7 heteroatoms. The minimum Gasteiger partial charge on any atom is -0.367 e. The van der Waals surface area contributed by atoms with Crippen LogP contribution in [-0.4, -0.2) is 83.7 Å². The molecule has 0 atom stereocenters. The number of anilines is 1. The summed E-state index contributed by atoms with van der Waals surface area (Å²) in [4.78, 5) is 21.4. The standard InChI is InChI=1S/C27H34FN5O/c1-20(2)32-17-16-31(27(32)34)15-12-29-10-13-30(14-11-29)26-19-33(23-7-5-22(28)6-8-23)25-18-21(3)4-9-24(25)26/h4-9,18-20H,10-17H2,1-3H3. The molecule has 6 nitrogen and oxygen atoms in total. The molecule has 2 amide bonds. The Morgan fingerprint density at radius 1 is 0.912 bits per heavy atom. The van der Waals surface area contributed by atoms with Crippen LogP contribution in [0.4, 0.5) is 14.9 Å². The van der Waals surface area contributed by atoms with Crippen LogP contribution in [0.5, 0.6) is 0 Å². The number of aryl methyl sites for hydroxylation is 1. The third-order valence-electron chi connectivity index (χ3n) is 7.19. The molecule has 0 radical (unpaired) electrons. The molecule has 3 aromatic rings. The van der Waals surface area contributed by atoms with Crippen molar-refractivity contribution in [1.82, 2.24) is 19.3 Å². The van der Waals surface area contributed by atoms with E-state index in [2.05, 4.69) is 59.5 Å². The number of halogens is 1. The Kier molecular flexibility index (Phi) is 6.21. The molecule has 2 aliphatic rings. The van der Waals surface area contributed by atoms with Gasteiger partial charge in [0.1, 0.15) is 5.82 Å². The van der Waals surface area contributed by atoms with Gasteiger partial charge in [-0.15, -0.1) is 0 Å². The largest absolute Gasteiger partial charge is 0.367 e. The lowest BCUT2D eigenvalue weighted by atomic mass is 10.1. The van der Waals surface area contributed by atoms with Crippen molar-refractivity contribution in [2.24, 2.45) is 0 Å². The minimum atomic E-state index is -0.222. The van der Waals surface area contributed by atoms with Gasteiger partial charge in [0, 0.05) is 75.7 Å². The summed E-state index contributed by atoms with van der Waals surface area (Å²) in [5, 5.41) is 1.22. The third-order valence-corrected chi connectivity index (χ3v) is 7.19. The van der Waals surface area contributed by atoms with Crippen molar-refractivity contribution in [3.8, 4) is 5.69 Å². The van der Waals surface area contributed by atoms with Gasteiger partial charge in [-0.2, -0.15) is 0 Å². The van der Waals surface area contributed by atoms with Crippen LogP contribution in [-0.2, 0) is 0 Å². The monoisotopic (exact) mass is 463 g/mol. The first-order chi connectivity index (χ1) is 16.4. The fourth-order valence-electron chi connectivity index (χ4n) is 5.15. The summed E-state index contributed by atoms with van der Waals surface area (Å²) in [6.07, 6.45) is 2.19. The van der Waals surface area contributed by atoms with Gasteiger partial charge in [0.15, 0.2) is 0 Å². The van der Waals surface area contributed by atoms with Crippen LogP contribution >= 0.6 is 0 Å². The van der Waals surface area contributed by atoms with Crippen LogP contribution < -0.4 is 4.90 Å². The zero-order valence-corrected chi connectivity index (χ0v) is 20.4. The van der Waals surface area contributed by atoms with Gasteiger partial charge < -0.3 is 19.3 Å². The van der Waals surface area contributed by atoms with E-state index < -0.39 is 0 Å². The Labute approximate surface area is 201 Å². The van der Waals surface area contributed by atoms with E-state index in [0.717, 1.165) is 63.6 Å². The fraction of sp³-hybridized carbons (Fsp3) is 0.444. The molecule has 1 aromatic heterocycles. The zero-order valence-electron chi connectivity index (χ0n) is 20.4. The van der Waals surface area contributed by atoms with Gasteiger partial charge in [0.05, 0.1) is 11.2 Å². The topological polar surface area (TPSA) is 35.0 Å². The van der Waals surface area contributed by atoms with Gasteiger partial charge in [-0.25, -0.2) is 9.18 Å². The Morgan fingerprint density at radius 3 is 2.32 bits per heavy atom. The molecule has 5 rings (SSSR count). The minimum absolute atomic E-state index is 0.178. The summed E-state index contributed by atoms with van der Waals surface area (Å²) in [5.41, 5.74) is 4.54. The molecule has 2 aromatic carbocycles. The number of urea groups is 1. The molecule has 0 bridgehead atoms. The van der Waals surface area contributed by atoms with E-state index in [1.165, 1.54) is 28.8 Å². The van der Waals surface area contributed by atoms with E-state index in [4.69, 9.17) is 0 Å². The predicted octanol–water partition coefficient (Wildman–Crippen LogP) is 4.35. The van der Waals surface area contributed by atoms with Gasteiger partial charge in [-0.05, 0) is 56.7 Å². The molecular weight excluding hydrogens is 429 g/mol. The summed E-state index contributed by atoms with van der Waals surface area (Å²) < 4.78 is 15.7. The number of carbonyl (C=O) groups is 1. The number of benzene rings is 2. The maximum absolute atomic E-state index is 13.5. The van der Waals surface area contributed by atoms with Gasteiger partial charge in [0.2, 0.25) is 0 Å². The van der Waals surface area contributed by atoms with Crippen molar-refractivity contribution in [2.75, 3.05) is 57.3 Å². The number of carbonyl (C=O) groups excluding carboxylic acids is 1. The van der Waals surface area contributed by atoms with Crippen molar-refractivity contribution in [1.29, 1.82) is 0 Å². The molecule has 0 aliphatic carbocycles. The first kappa shape index (κ1) is 22.7. The molecular formula is C27H34FN5O. The number of fused-ring (bicyclic) bond motifs is 1. The van der Waals surface area contributed by atoms with E-state index in [1.807, 2.05) is 21.9 Å². The van der Waals surface area contributed by atoms with Crippen molar-refractivity contribution < 1.29 is 9.18 Å². The van der Waals surface area contributed by atoms with E-state index >= 15 is 0 Å². The Morgan fingerprint density at radius 2 is 1.65 bits per heavy atom. The highest BCUT2D eigenvalue weighted by molar-refractivity contribution is 5.95. The average Bonchev–Trinajstić information content (AvgIpc) is 3.39. The Balaban J connectivity index is 1.27. The van der Waals surface area contributed by atoms with E-state index in [0.29, 0.717) is 0 Å². The van der Waals surface area contributed by atoms with Crippen molar-refractivity contribution in [2.45, 2.75) is 26.8 Å². The number of piperazine rings is 1. The Bertz CT molecular complexity index is 1160. The molecule has 2 fully saturated rings. The van der Waals surface area contributed by atoms with Crippen LogP contribution in [0.1, 0.15) is 19.4 Å². The molecule has 2 saturated heterocycles. The molecule has 2 aliphatic heterocycles. The van der Waals surface area contributed by atoms with Crippen LogP contribution in [0, 0.1) is 12.7 Å². The number of amides is 2. The van der Waals surface area contributed by atoms with Crippen LogP contribution in [0.15, 0.2) is 48.7 Å². The lowest BCUT2D eigenvalue weighted by molar-refractivity contribution is 0.173. The van der Waals surface area contributed by atoms with Crippen LogP contribution in [0.2, 0.25) is 0 Å². The highest BCUT2D eigenvalue weighted by Crippen LogP contribution is 2.33. The lowest BCUT2D eigenvalue weighted by Gasteiger charge is -2.36. The molecule has 0 unspecified atom stereocenters. The molecule has 34 heavy (non-hydrogen) atoms. The summed E-state index contributed by atoms with van der Waals surface area (Å²) >= 11 is 0. The summed E-state index contributed by atoms with van der Waals surface area (Å²) in [6.45, 7) is 13.5. The van der Waals surface area contributed by atoms with Crippen molar-refractivity contribution in [3.63, 3.8) is 0 Å². The zero-order chi connectivity index (χ0) is 23.8. The third kappa shape index (κ3) is 4.37. The second-order valence-electron chi connectivity index (χ2n) is 9.77. The molecule has 0 N–H and O–H groups in total. The number of rotatable bonds is 6. The number of hydrogen-bond acceptors (Lipinski definition) is 3. The number of aromatic nitrogens is 1. The molecule has 0 spiro atoms. The first-order valence-corrected chi connectivity index (χ1v) is 12.3. The molecule has 3 heterocycles. The molecule has 0 saturated carbocycles. The van der Waals surface area contributed by atoms with Gasteiger partial charge in [-0.3, -0.25) is 4.90 Å². The average molecular weight is 464 g/mol. The highest BCUT2D eigenvalue weighted by Gasteiger charge is 2.30. The van der Waals surface area contributed by atoms with E-state index in [-0.39, 0.29) is 17.9 Å². The summed E-state index contributed by atoms with van der Waals surface area (Å²) in [7, 11) is 0. The van der Waals surface area contributed by atoms with Crippen LogP contribution in [0.25, 0.3) is 16.6 Å². The first-order valence-electron chi connectivity index (χ1n) is 12.3. The van der Waals surface area contributed by atoms with Gasteiger partial charge in [-0.1, -0.05) is 12.1 Å². The normalized spacial score (nSPS) is 17.6. The fourth-order valence-corrected chi connectivity index (χ4v) is 5.15. The maximum atomic E-state index is 13.5. The van der Waals surface area contributed by atoms with Crippen molar-refractivity contribution in [3.05, 3.63) is 60.0 Å². The molecule has 180 valence electrons. The lowest BCUT2D eigenvalue weighted by Crippen LogP contribution is -2.49. The SMILES string of the molecule is Cc1ccc2c(N3CCN(CCN4CCN(C(C)C)C4=O)CC3)cn(-c3ccc(F)cc3)c2c1. The Hall–Kier alpha value is -3.06. The van der Waals surface area contributed by atoms with Crippen LogP contribution in [0.3, 0.4) is 0 Å². The second kappa shape index (κ2) is 9.29. The number of hydrogen-bond donors (Lipinski definition) is 0. The van der Waals surface area contributed by atoms with Crippen molar-refractivity contribution >= 4 is 22.6 Å². The quantitative estimate of drug-likeness (QED) is 0.545. The van der Waals surface area contributed by atoms with Gasteiger partial charge in [0.25, 0.3) is 0 Å². The second-order valence-corrected chi connectivity index (χ2v) is 9.77. The highest BCUT2D eigenvalue weighted by atomic mass is 19.1. The predicted molar refractivity (Wildman–Crippen MR) is 135 cm³/mol. The van der Waals surface area contributed by atoms with E-state index in [1.54, 1.807) is 0 Å². The summed E-state index contributed by atoms with van der Waals surface area (Å²) in [6, 6.07) is 13.7. The number of nitrogens with zero attached hydrogens (tertiary/aromatic N) is 5. The smallest absolute Gasteiger partial charge is 0.320 e. The van der Waals surface area contributed by atoms with Gasteiger partial charge >= 0.3 is 6.03 Å².